The second-order valence-electron chi connectivity index (χ2n) is 3.68. The number of nitrogens with one attached hydrogen (secondary N) is 1. The van der Waals surface area contributed by atoms with Gasteiger partial charge in [-0.2, -0.15) is 0 Å². The molecule has 0 fully saturated rings. The van der Waals surface area contributed by atoms with Gasteiger partial charge in [-0.05, 0) is 6.92 Å². The van der Waals surface area contributed by atoms with E-state index in [1.165, 1.54) is 6.92 Å². The van der Waals surface area contributed by atoms with Crippen LogP contribution in [0.5, 0.6) is 11.5 Å². The lowest BCUT2D eigenvalue weighted by atomic mass is 10.2. The molecule has 0 saturated carbocycles. The molecule has 0 aromatic heterocycles. The van der Waals surface area contributed by atoms with E-state index in [1.54, 1.807) is 12.1 Å². The van der Waals surface area contributed by atoms with Crippen LogP contribution >= 0.6 is 11.6 Å². The normalized spacial score (nSPS) is 15.2. The molecular weight excluding hydrogens is 246 g/mol. The van der Waals surface area contributed by atoms with Crippen LogP contribution in [0, 0.1) is 0 Å². The van der Waals surface area contributed by atoms with Crippen LogP contribution in [-0.4, -0.2) is 30.3 Å². The number of carboxylic acids is 1. The highest BCUT2D eigenvalue weighted by Crippen LogP contribution is 2.38. The average Bonchev–Trinajstić information content (AvgIpc) is 2.29. The molecule has 6 heteroatoms. The highest BCUT2D eigenvalue weighted by molar-refractivity contribution is 6.33. The number of benzene rings is 1. The number of anilines is 1. The Morgan fingerprint density at radius 3 is 2.59 bits per heavy atom. The van der Waals surface area contributed by atoms with Crippen molar-refractivity contribution < 1.29 is 19.4 Å². The summed E-state index contributed by atoms with van der Waals surface area (Å²) in [7, 11) is 0. The van der Waals surface area contributed by atoms with Crippen molar-refractivity contribution in [2.24, 2.45) is 0 Å². The van der Waals surface area contributed by atoms with Crippen molar-refractivity contribution in [1.82, 2.24) is 0 Å². The SMILES string of the molecule is CC(Nc1cc2c(cc1Cl)OCCO2)C(=O)O. The van der Waals surface area contributed by atoms with Crippen molar-refractivity contribution in [3.63, 3.8) is 0 Å². The monoisotopic (exact) mass is 257 g/mol. The van der Waals surface area contributed by atoms with Crippen molar-refractivity contribution >= 4 is 23.3 Å². The minimum absolute atomic E-state index is 0.405. The molecule has 5 nitrogen and oxygen atoms in total. The molecule has 92 valence electrons. The molecule has 0 aliphatic carbocycles. The molecule has 1 atom stereocenters. The van der Waals surface area contributed by atoms with Crippen molar-refractivity contribution in [2.75, 3.05) is 18.5 Å². The van der Waals surface area contributed by atoms with Gasteiger partial charge in [0.2, 0.25) is 0 Å². The predicted molar refractivity (Wildman–Crippen MR) is 63.2 cm³/mol. The third kappa shape index (κ3) is 2.55. The predicted octanol–water partition coefficient (Wildman–Crippen LogP) is 2.00. The van der Waals surface area contributed by atoms with Crippen molar-refractivity contribution in [1.29, 1.82) is 0 Å². The number of rotatable bonds is 3. The van der Waals surface area contributed by atoms with E-state index in [1.807, 2.05) is 0 Å². The average molecular weight is 258 g/mol. The first-order valence-electron chi connectivity index (χ1n) is 5.16. The van der Waals surface area contributed by atoms with Crippen LogP contribution in [0.3, 0.4) is 0 Å². The number of halogens is 1. The summed E-state index contributed by atoms with van der Waals surface area (Å²) in [6.07, 6.45) is 0. The fourth-order valence-electron chi connectivity index (χ4n) is 1.47. The van der Waals surface area contributed by atoms with E-state index in [9.17, 15) is 4.79 Å². The van der Waals surface area contributed by atoms with E-state index in [0.717, 1.165) is 0 Å². The van der Waals surface area contributed by atoms with Crippen LogP contribution < -0.4 is 14.8 Å². The summed E-state index contributed by atoms with van der Waals surface area (Å²) >= 11 is 6.02. The molecule has 1 unspecified atom stereocenters. The molecule has 1 aliphatic heterocycles. The van der Waals surface area contributed by atoms with Gasteiger partial charge < -0.3 is 19.9 Å². The van der Waals surface area contributed by atoms with Crippen LogP contribution in [0.15, 0.2) is 12.1 Å². The second kappa shape index (κ2) is 4.71. The van der Waals surface area contributed by atoms with Crippen molar-refractivity contribution in [3.05, 3.63) is 17.2 Å². The number of hydrogen-bond acceptors (Lipinski definition) is 4. The van der Waals surface area contributed by atoms with E-state index >= 15 is 0 Å². The molecule has 1 aromatic rings. The van der Waals surface area contributed by atoms with E-state index in [0.29, 0.717) is 35.4 Å². The van der Waals surface area contributed by atoms with Gasteiger partial charge in [-0.1, -0.05) is 11.6 Å². The molecule has 0 radical (unpaired) electrons. The van der Waals surface area contributed by atoms with Gasteiger partial charge in [0.25, 0.3) is 0 Å². The first kappa shape index (κ1) is 11.9. The minimum Gasteiger partial charge on any atom is -0.486 e. The molecule has 0 bridgehead atoms. The topological polar surface area (TPSA) is 67.8 Å². The standard InChI is InChI=1S/C11H12ClNO4/c1-6(11(14)15)13-8-5-10-9(4-7(8)12)16-2-3-17-10/h4-6,13H,2-3H2,1H3,(H,14,15). The largest absolute Gasteiger partial charge is 0.486 e. The number of carbonyl (C=O) groups is 1. The van der Waals surface area contributed by atoms with Crippen LogP contribution in [0.25, 0.3) is 0 Å². The smallest absolute Gasteiger partial charge is 0.325 e. The zero-order valence-electron chi connectivity index (χ0n) is 9.20. The van der Waals surface area contributed by atoms with Gasteiger partial charge in [0.15, 0.2) is 11.5 Å². The quantitative estimate of drug-likeness (QED) is 0.867. The first-order valence-corrected chi connectivity index (χ1v) is 5.54. The lowest BCUT2D eigenvalue weighted by molar-refractivity contribution is -0.137. The Morgan fingerprint density at radius 1 is 1.41 bits per heavy atom. The second-order valence-corrected chi connectivity index (χ2v) is 4.09. The minimum atomic E-state index is -0.948. The van der Waals surface area contributed by atoms with Crippen LogP contribution in [-0.2, 0) is 4.79 Å². The zero-order chi connectivity index (χ0) is 12.4. The Labute approximate surface area is 103 Å². The zero-order valence-corrected chi connectivity index (χ0v) is 9.95. The van der Waals surface area contributed by atoms with Crippen LogP contribution in [0.4, 0.5) is 5.69 Å². The summed E-state index contributed by atoms with van der Waals surface area (Å²) in [6, 6.07) is 2.54. The van der Waals surface area contributed by atoms with Crippen LogP contribution in [0.2, 0.25) is 5.02 Å². The van der Waals surface area contributed by atoms with Gasteiger partial charge in [-0.3, -0.25) is 4.79 Å². The van der Waals surface area contributed by atoms with Gasteiger partial charge in [-0.25, -0.2) is 0 Å². The Bertz CT molecular complexity index is 449. The van der Waals surface area contributed by atoms with Gasteiger partial charge in [-0.15, -0.1) is 0 Å². The maximum Gasteiger partial charge on any atom is 0.325 e. The molecule has 1 aliphatic rings. The highest BCUT2D eigenvalue weighted by atomic mass is 35.5. The molecule has 1 aromatic carbocycles. The third-order valence-corrected chi connectivity index (χ3v) is 2.69. The summed E-state index contributed by atoms with van der Waals surface area (Å²) in [5.74, 6) is 0.200. The van der Waals surface area contributed by atoms with Crippen LogP contribution in [0.1, 0.15) is 6.92 Å². The first-order chi connectivity index (χ1) is 8.08. The molecule has 0 amide bonds. The maximum absolute atomic E-state index is 10.7. The van der Waals surface area contributed by atoms with Gasteiger partial charge in [0.1, 0.15) is 19.3 Å². The fraction of sp³-hybridized carbons (Fsp3) is 0.364. The van der Waals surface area contributed by atoms with Gasteiger partial charge in [0, 0.05) is 12.1 Å². The number of hydrogen-bond donors (Lipinski definition) is 2. The van der Waals surface area contributed by atoms with Gasteiger partial charge in [0.05, 0.1) is 10.7 Å². The van der Waals surface area contributed by atoms with Gasteiger partial charge >= 0.3 is 5.97 Å². The van der Waals surface area contributed by atoms with E-state index < -0.39 is 12.0 Å². The number of ether oxygens (including phenoxy) is 2. The number of carboxylic acid groups (broad SMARTS) is 1. The molecule has 2 rings (SSSR count). The molecule has 17 heavy (non-hydrogen) atoms. The third-order valence-electron chi connectivity index (χ3n) is 2.37. The molecule has 1 heterocycles. The summed E-state index contributed by atoms with van der Waals surface area (Å²) in [6.45, 7) is 2.50. The van der Waals surface area contributed by atoms with E-state index in [2.05, 4.69) is 5.32 Å². The summed E-state index contributed by atoms with van der Waals surface area (Å²) in [5, 5.41) is 12.0. The lowest BCUT2D eigenvalue weighted by Gasteiger charge is -2.21. The Balaban J connectivity index is 2.25. The molecule has 0 saturated heterocycles. The van der Waals surface area contributed by atoms with E-state index in [-0.39, 0.29) is 0 Å². The summed E-state index contributed by atoms with van der Waals surface area (Å²) < 4.78 is 10.7. The maximum atomic E-state index is 10.7. The van der Waals surface area contributed by atoms with Crippen molar-refractivity contribution in [2.45, 2.75) is 13.0 Å². The number of fused-ring (bicyclic) bond motifs is 1. The Hall–Kier alpha value is -1.62. The van der Waals surface area contributed by atoms with Crippen molar-refractivity contribution in [3.8, 4) is 11.5 Å². The summed E-state index contributed by atoms with van der Waals surface area (Å²) in [5.41, 5.74) is 0.519. The molecule has 2 N–H and O–H groups in total. The summed E-state index contributed by atoms with van der Waals surface area (Å²) in [4.78, 5) is 10.7. The Morgan fingerprint density at radius 2 is 2.00 bits per heavy atom. The number of aliphatic carboxylic acids is 1. The molecule has 0 spiro atoms. The Kier molecular flexibility index (Phi) is 3.28. The van der Waals surface area contributed by atoms with E-state index in [4.69, 9.17) is 26.2 Å². The fourth-order valence-corrected chi connectivity index (χ4v) is 1.68. The molecular formula is C11H12ClNO4. The lowest BCUT2D eigenvalue weighted by Crippen LogP contribution is -2.25. The highest BCUT2D eigenvalue weighted by Gasteiger charge is 2.17.